The van der Waals surface area contributed by atoms with Crippen molar-refractivity contribution in [1.82, 2.24) is 14.7 Å². The Bertz CT molecular complexity index is 887. The average molecular weight is 440 g/mol. The molecule has 164 valence electrons. The lowest BCUT2D eigenvalue weighted by molar-refractivity contribution is -0.147. The molecule has 0 aromatic heterocycles. The molecule has 2 aromatic carbocycles. The van der Waals surface area contributed by atoms with Crippen molar-refractivity contribution in [2.24, 2.45) is 0 Å². The maximum Gasteiger partial charge on any atom is 0.250 e. The first-order valence-corrected chi connectivity index (χ1v) is 11.6. The van der Waals surface area contributed by atoms with Gasteiger partial charge in [0.05, 0.1) is 0 Å². The molecular formula is C25H30ClN3O2. The molecule has 2 amide bonds. The van der Waals surface area contributed by atoms with Crippen LogP contribution in [0.1, 0.15) is 42.9 Å². The fraction of sp³-hybridized carbons (Fsp3) is 0.440. The van der Waals surface area contributed by atoms with Gasteiger partial charge in [0.15, 0.2) is 0 Å². The highest BCUT2D eigenvalue weighted by Gasteiger charge is 2.35. The Morgan fingerprint density at radius 1 is 0.871 bits per heavy atom. The van der Waals surface area contributed by atoms with E-state index in [0.29, 0.717) is 19.5 Å². The fourth-order valence-corrected chi connectivity index (χ4v) is 4.69. The van der Waals surface area contributed by atoms with E-state index in [0.717, 1.165) is 56.0 Å². The minimum atomic E-state index is -0.517. The largest absolute Gasteiger partial charge is 0.339 e. The average Bonchev–Trinajstić information content (AvgIpc) is 3.03. The van der Waals surface area contributed by atoms with E-state index >= 15 is 0 Å². The number of hydrogen-bond donors (Lipinski definition) is 0. The fourth-order valence-electron chi connectivity index (χ4n) is 4.56. The van der Waals surface area contributed by atoms with Gasteiger partial charge in [-0.05, 0) is 42.5 Å². The Morgan fingerprint density at radius 2 is 1.65 bits per heavy atom. The first-order chi connectivity index (χ1) is 15.1. The number of hydrogen-bond acceptors (Lipinski definition) is 3. The van der Waals surface area contributed by atoms with Crippen LogP contribution in [0.2, 0.25) is 5.02 Å². The highest BCUT2D eigenvalue weighted by molar-refractivity contribution is 6.30. The number of likely N-dealkylation sites (tertiary alicyclic amines) is 1. The molecule has 0 spiro atoms. The Morgan fingerprint density at radius 3 is 2.39 bits per heavy atom. The van der Waals surface area contributed by atoms with Crippen LogP contribution < -0.4 is 0 Å². The zero-order chi connectivity index (χ0) is 21.6. The first kappa shape index (κ1) is 21.8. The van der Waals surface area contributed by atoms with Crippen LogP contribution in [0.3, 0.4) is 0 Å². The summed E-state index contributed by atoms with van der Waals surface area (Å²) < 4.78 is 0. The molecule has 2 fully saturated rings. The molecule has 2 saturated heterocycles. The van der Waals surface area contributed by atoms with Crippen molar-refractivity contribution in [1.29, 1.82) is 0 Å². The predicted octanol–water partition coefficient (Wildman–Crippen LogP) is 4.13. The summed E-state index contributed by atoms with van der Waals surface area (Å²) >= 11 is 6.00. The second kappa shape index (κ2) is 10.3. The number of piperidine rings is 1. The summed E-state index contributed by atoms with van der Waals surface area (Å²) in [4.78, 5) is 32.5. The van der Waals surface area contributed by atoms with Gasteiger partial charge in [-0.3, -0.25) is 14.5 Å². The number of rotatable bonds is 5. The van der Waals surface area contributed by atoms with Crippen molar-refractivity contribution in [3.05, 3.63) is 70.7 Å². The van der Waals surface area contributed by atoms with Gasteiger partial charge in [0.2, 0.25) is 11.8 Å². The van der Waals surface area contributed by atoms with Crippen molar-refractivity contribution in [3.8, 4) is 0 Å². The third-order valence-corrected chi connectivity index (χ3v) is 6.49. The third-order valence-electron chi connectivity index (χ3n) is 6.24. The minimum absolute atomic E-state index is 0.0507. The number of amides is 2. The first-order valence-electron chi connectivity index (χ1n) is 11.2. The summed E-state index contributed by atoms with van der Waals surface area (Å²) in [6.07, 6.45) is 3.33. The van der Waals surface area contributed by atoms with Crippen LogP contribution in [-0.2, 0) is 16.1 Å². The normalized spacial score (nSPS) is 19.2. The molecule has 0 radical (unpaired) electrons. The van der Waals surface area contributed by atoms with Crippen molar-refractivity contribution >= 4 is 23.4 Å². The van der Waals surface area contributed by atoms with Crippen molar-refractivity contribution in [2.75, 3.05) is 32.7 Å². The van der Waals surface area contributed by atoms with Crippen molar-refractivity contribution in [3.63, 3.8) is 0 Å². The quantitative estimate of drug-likeness (QED) is 0.703. The number of halogens is 1. The van der Waals surface area contributed by atoms with Gasteiger partial charge < -0.3 is 9.80 Å². The van der Waals surface area contributed by atoms with Crippen molar-refractivity contribution < 1.29 is 9.59 Å². The minimum Gasteiger partial charge on any atom is -0.339 e. The molecule has 2 heterocycles. The SMILES string of the molecule is O=C(C(c1ccccc1)N1CCCCC1=O)N1CCCN(Cc2ccc(Cl)cc2)CC1. The molecule has 2 aliphatic rings. The van der Waals surface area contributed by atoms with E-state index in [2.05, 4.69) is 17.0 Å². The third kappa shape index (κ3) is 5.46. The molecule has 5 nitrogen and oxygen atoms in total. The molecule has 31 heavy (non-hydrogen) atoms. The second-order valence-corrected chi connectivity index (χ2v) is 8.88. The van der Waals surface area contributed by atoms with Crippen LogP contribution in [0.4, 0.5) is 0 Å². The van der Waals surface area contributed by atoms with Gasteiger partial charge in [-0.15, -0.1) is 0 Å². The highest BCUT2D eigenvalue weighted by atomic mass is 35.5. The molecule has 0 N–H and O–H groups in total. The van der Waals surface area contributed by atoms with Gasteiger partial charge in [-0.25, -0.2) is 0 Å². The zero-order valence-electron chi connectivity index (χ0n) is 17.9. The maximum atomic E-state index is 13.7. The molecule has 4 rings (SSSR count). The van der Waals surface area contributed by atoms with E-state index in [1.54, 1.807) is 4.90 Å². The summed E-state index contributed by atoms with van der Waals surface area (Å²) in [5, 5.41) is 0.746. The number of benzene rings is 2. The van der Waals surface area contributed by atoms with Crippen LogP contribution in [-0.4, -0.2) is 59.2 Å². The number of carbonyl (C=O) groups is 2. The molecule has 0 bridgehead atoms. The summed E-state index contributed by atoms with van der Waals surface area (Å²) in [7, 11) is 0. The standard InChI is InChI=1S/C25H30ClN3O2/c26-22-12-10-20(11-13-22)19-27-14-6-15-28(18-17-27)25(31)24(21-7-2-1-3-8-21)29-16-5-4-9-23(29)30/h1-3,7-8,10-13,24H,4-6,9,14-19H2. The zero-order valence-corrected chi connectivity index (χ0v) is 18.6. The van der Waals surface area contributed by atoms with E-state index in [1.807, 2.05) is 47.4 Å². The Hall–Kier alpha value is -2.37. The maximum absolute atomic E-state index is 13.7. The van der Waals surface area contributed by atoms with Gasteiger partial charge in [0.1, 0.15) is 6.04 Å². The summed E-state index contributed by atoms with van der Waals surface area (Å²) in [5.41, 5.74) is 2.13. The monoisotopic (exact) mass is 439 g/mol. The van der Waals surface area contributed by atoms with E-state index in [1.165, 1.54) is 5.56 Å². The van der Waals surface area contributed by atoms with Crippen LogP contribution in [0.5, 0.6) is 0 Å². The van der Waals surface area contributed by atoms with Gasteiger partial charge in [-0.1, -0.05) is 54.1 Å². The number of nitrogens with zero attached hydrogens (tertiary/aromatic N) is 3. The molecule has 1 atom stereocenters. The predicted molar refractivity (Wildman–Crippen MR) is 123 cm³/mol. The molecule has 6 heteroatoms. The summed E-state index contributed by atoms with van der Waals surface area (Å²) in [6, 6.07) is 17.2. The topological polar surface area (TPSA) is 43.9 Å². The van der Waals surface area contributed by atoms with Crippen molar-refractivity contribution in [2.45, 2.75) is 38.3 Å². The number of carbonyl (C=O) groups excluding carboxylic acids is 2. The van der Waals surface area contributed by atoms with Crippen LogP contribution in [0.25, 0.3) is 0 Å². The van der Waals surface area contributed by atoms with E-state index in [-0.39, 0.29) is 11.8 Å². The van der Waals surface area contributed by atoms with Crippen LogP contribution in [0.15, 0.2) is 54.6 Å². The summed E-state index contributed by atoms with van der Waals surface area (Å²) in [6.45, 7) is 4.68. The van der Waals surface area contributed by atoms with E-state index in [4.69, 9.17) is 11.6 Å². The van der Waals surface area contributed by atoms with Crippen LogP contribution in [0, 0.1) is 0 Å². The second-order valence-electron chi connectivity index (χ2n) is 8.44. The lowest BCUT2D eigenvalue weighted by atomic mass is 10.00. The lowest BCUT2D eigenvalue weighted by Gasteiger charge is -2.37. The van der Waals surface area contributed by atoms with Gasteiger partial charge >= 0.3 is 0 Å². The molecular weight excluding hydrogens is 410 g/mol. The molecule has 2 aliphatic heterocycles. The van der Waals surface area contributed by atoms with E-state index < -0.39 is 6.04 Å². The Balaban J connectivity index is 1.46. The molecule has 1 unspecified atom stereocenters. The Labute approximate surface area is 189 Å². The van der Waals surface area contributed by atoms with E-state index in [9.17, 15) is 9.59 Å². The van der Waals surface area contributed by atoms with Gasteiger partial charge in [0, 0.05) is 50.7 Å². The smallest absolute Gasteiger partial charge is 0.250 e. The van der Waals surface area contributed by atoms with Gasteiger partial charge in [0.25, 0.3) is 0 Å². The highest BCUT2D eigenvalue weighted by Crippen LogP contribution is 2.28. The lowest BCUT2D eigenvalue weighted by Crippen LogP contribution is -2.48. The molecule has 0 aliphatic carbocycles. The van der Waals surface area contributed by atoms with Gasteiger partial charge in [-0.2, -0.15) is 0 Å². The Kier molecular flexibility index (Phi) is 7.25. The summed E-state index contributed by atoms with van der Waals surface area (Å²) in [5.74, 6) is 0.141. The van der Waals surface area contributed by atoms with Crippen LogP contribution >= 0.6 is 11.6 Å². The molecule has 2 aromatic rings. The molecule has 0 saturated carbocycles.